The molecule has 1 aromatic heterocycles. The van der Waals surface area contributed by atoms with Gasteiger partial charge in [-0.1, -0.05) is 18.2 Å². The maximum atomic E-state index is 5.77. The van der Waals surface area contributed by atoms with E-state index in [1.807, 2.05) is 30.3 Å². The van der Waals surface area contributed by atoms with E-state index in [4.69, 9.17) is 5.73 Å². The largest absolute Gasteiger partial charge is 0.382 e. The highest BCUT2D eigenvalue weighted by Gasteiger charge is 2.23. The van der Waals surface area contributed by atoms with Crippen molar-refractivity contribution in [3.63, 3.8) is 0 Å². The lowest BCUT2D eigenvalue weighted by molar-refractivity contribution is 1.06. The topological polar surface area (TPSA) is 67.1 Å². The predicted octanol–water partition coefficient (Wildman–Crippen LogP) is 1.58. The number of fused-ring (bicyclic) bond motifs is 1. The molecule has 0 saturated carbocycles. The van der Waals surface area contributed by atoms with Gasteiger partial charge in [0.05, 0.1) is 6.67 Å². The summed E-state index contributed by atoms with van der Waals surface area (Å²) in [4.78, 5) is 10.3. The van der Waals surface area contributed by atoms with E-state index in [1.165, 1.54) is 6.33 Å². The van der Waals surface area contributed by atoms with Crippen LogP contribution in [0.3, 0.4) is 0 Å². The molecule has 0 amide bonds. The first-order valence-electron chi connectivity index (χ1n) is 5.03. The van der Waals surface area contributed by atoms with Crippen LogP contribution in [0.25, 0.3) is 0 Å². The summed E-state index contributed by atoms with van der Waals surface area (Å²) < 4.78 is 0. The number of nitrogens with one attached hydrogen (secondary N) is 1. The van der Waals surface area contributed by atoms with Crippen LogP contribution in [-0.2, 0) is 0 Å². The van der Waals surface area contributed by atoms with E-state index < -0.39 is 0 Å². The molecule has 3 rings (SSSR count). The van der Waals surface area contributed by atoms with E-state index in [1.54, 1.807) is 0 Å². The Balaban J connectivity index is 2.07. The molecule has 0 unspecified atom stereocenters. The molecule has 16 heavy (non-hydrogen) atoms. The first kappa shape index (κ1) is 8.96. The molecular weight excluding hydrogens is 202 g/mol. The van der Waals surface area contributed by atoms with Gasteiger partial charge in [0.15, 0.2) is 11.6 Å². The number of rotatable bonds is 1. The van der Waals surface area contributed by atoms with Crippen molar-refractivity contribution in [1.29, 1.82) is 0 Å². The van der Waals surface area contributed by atoms with Crippen molar-refractivity contribution >= 4 is 23.0 Å². The van der Waals surface area contributed by atoms with Crippen molar-refractivity contribution in [3.8, 4) is 0 Å². The van der Waals surface area contributed by atoms with Crippen LogP contribution in [0.15, 0.2) is 36.7 Å². The van der Waals surface area contributed by atoms with E-state index in [0.29, 0.717) is 12.5 Å². The molecule has 5 nitrogen and oxygen atoms in total. The van der Waals surface area contributed by atoms with E-state index >= 15 is 0 Å². The van der Waals surface area contributed by atoms with Gasteiger partial charge >= 0.3 is 0 Å². The molecule has 0 atom stereocenters. The third-order valence-corrected chi connectivity index (χ3v) is 2.59. The number of nitrogens with two attached hydrogens (primary N) is 1. The van der Waals surface area contributed by atoms with Gasteiger partial charge in [-0.2, -0.15) is 0 Å². The monoisotopic (exact) mass is 213 g/mol. The average molecular weight is 213 g/mol. The number of anilines is 4. The fourth-order valence-electron chi connectivity index (χ4n) is 1.82. The Labute approximate surface area is 92.9 Å². The van der Waals surface area contributed by atoms with Crippen molar-refractivity contribution in [2.24, 2.45) is 0 Å². The van der Waals surface area contributed by atoms with Crippen molar-refractivity contribution in [1.82, 2.24) is 9.97 Å². The van der Waals surface area contributed by atoms with Gasteiger partial charge in [0.1, 0.15) is 12.0 Å². The first-order valence-corrected chi connectivity index (χ1v) is 5.03. The standard InChI is InChI=1S/C11H11N5/c12-10-9-11(14-6-13-10)16(7-15-9)8-4-2-1-3-5-8/h1-6,15H,7H2,(H2,12,13,14). The summed E-state index contributed by atoms with van der Waals surface area (Å²) in [5.41, 5.74) is 7.67. The van der Waals surface area contributed by atoms with Crippen molar-refractivity contribution < 1.29 is 0 Å². The van der Waals surface area contributed by atoms with Crippen molar-refractivity contribution in [2.45, 2.75) is 0 Å². The SMILES string of the molecule is Nc1ncnc2c1NCN2c1ccccc1. The van der Waals surface area contributed by atoms with Crippen LogP contribution in [-0.4, -0.2) is 16.6 Å². The molecule has 0 spiro atoms. The second-order valence-corrected chi connectivity index (χ2v) is 3.56. The number of hydrogen-bond donors (Lipinski definition) is 2. The molecule has 0 fully saturated rings. The van der Waals surface area contributed by atoms with Crippen LogP contribution in [0.5, 0.6) is 0 Å². The molecule has 2 heterocycles. The van der Waals surface area contributed by atoms with Crippen LogP contribution in [0.2, 0.25) is 0 Å². The lowest BCUT2D eigenvalue weighted by Crippen LogP contribution is -2.16. The number of hydrogen-bond acceptors (Lipinski definition) is 5. The highest BCUT2D eigenvalue weighted by Crippen LogP contribution is 2.36. The predicted molar refractivity (Wildman–Crippen MR) is 63.5 cm³/mol. The molecule has 3 N–H and O–H groups in total. The second kappa shape index (κ2) is 3.37. The first-order chi connectivity index (χ1) is 7.86. The van der Waals surface area contributed by atoms with E-state index in [9.17, 15) is 0 Å². The second-order valence-electron chi connectivity index (χ2n) is 3.56. The normalized spacial score (nSPS) is 13.4. The van der Waals surface area contributed by atoms with Gasteiger partial charge in [-0.3, -0.25) is 0 Å². The molecule has 1 aliphatic heterocycles. The highest BCUT2D eigenvalue weighted by molar-refractivity contribution is 5.84. The maximum Gasteiger partial charge on any atom is 0.163 e. The van der Waals surface area contributed by atoms with Gasteiger partial charge in [0, 0.05) is 5.69 Å². The summed E-state index contributed by atoms with van der Waals surface area (Å²) in [6.07, 6.45) is 1.48. The minimum Gasteiger partial charge on any atom is -0.382 e. The lowest BCUT2D eigenvalue weighted by atomic mass is 10.3. The molecular formula is C11H11N5. The zero-order valence-electron chi connectivity index (χ0n) is 8.59. The molecule has 0 aliphatic carbocycles. The van der Waals surface area contributed by atoms with Gasteiger partial charge in [-0.15, -0.1) is 0 Å². The zero-order chi connectivity index (χ0) is 11.0. The number of nitrogens with zero attached hydrogens (tertiary/aromatic N) is 3. The summed E-state index contributed by atoms with van der Waals surface area (Å²) in [6.45, 7) is 0.669. The molecule has 1 aliphatic rings. The number of nitrogen functional groups attached to an aromatic ring is 1. The molecule has 0 saturated heterocycles. The summed E-state index contributed by atoms with van der Waals surface area (Å²) >= 11 is 0. The van der Waals surface area contributed by atoms with Crippen molar-refractivity contribution in [2.75, 3.05) is 22.6 Å². The zero-order valence-corrected chi connectivity index (χ0v) is 8.59. The summed E-state index contributed by atoms with van der Waals surface area (Å²) in [5, 5.41) is 3.19. The summed E-state index contributed by atoms with van der Waals surface area (Å²) in [5.74, 6) is 1.32. The third-order valence-electron chi connectivity index (χ3n) is 2.59. The Kier molecular flexibility index (Phi) is 1.89. The molecule has 5 heteroatoms. The van der Waals surface area contributed by atoms with Gasteiger partial charge in [0.2, 0.25) is 0 Å². The van der Waals surface area contributed by atoms with E-state index in [0.717, 1.165) is 17.2 Å². The van der Waals surface area contributed by atoms with Gasteiger partial charge < -0.3 is 16.0 Å². The van der Waals surface area contributed by atoms with Crippen LogP contribution in [0, 0.1) is 0 Å². The molecule has 0 bridgehead atoms. The molecule has 0 radical (unpaired) electrons. The Morgan fingerprint density at radius 1 is 1.19 bits per heavy atom. The Morgan fingerprint density at radius 2 is 2.00 bits per heavy atom. The number of benzene rings is 1. The quantitative estimate of drug-likeness (QED) is 0.752. The maximum absolute atomic E-state index is 5.77. The van der Waals surface area contributed by atoms with E-state index in [-0.39, 0.29) is 0 Å². The minimum absolute atomic E-state index is 0.489. The fraction of sp³-hybridized carbons (Fsp3) is 0.0909. The number of para-hydroxylation sites is 1. The van der Waals surface area contributed by atoms with Crippen LogP contribution < -0.4 is 16.0 Å². The van der Waals surface area contributed by atoms with Crippen molar-refractivity contribution in [3.05, 3.63) is 36.7 Å². The average Bonchev–Trinajstić information content (AvgIpc) is 2.75. The lowest BCUT2D eigenvalue weighted by Gasteiger charge is -2.16. The third kappa shape index (κ3) is 1.25. The van der Waals surface area contributed by atoms with Crippen LogP contribution >= 0.6 is 0 Å². The summed E-state index contributed by atoms with van der Waals surface area (Å²) in [6, 6.07) is 10.1. The van der Waals surface area contributed by atoms with Gasteiger partial charge in [0.25, 0.3) is 0 Å². The molecule has 1 aromatic carbocycles. The van der Waals surface area contributed by atoms with Crippen LogP contribution in [0.1, 0.15) is 0 Å². The van der Waals surface area contributed by atoms with Crippen LogP contribution in [0.4, 0.5) is 23.0 Å². The summed E-state index contributed by atoms with van der Waals surface area (Å²) in [7, 11) is 0. The Morgan fingerprint density at radius 3 is 2.81 bits per heavy atom. The van der Waals surface area contributed by atoms with Gasteiger partial charge in [-0.25, -0.2) is 9.97 Å². The number of aromatic nitrogens is 2. The molecule has 2 aromatic rings. The Hall–Kier alpha value is -2.30. The fourth-order valence-corrected chi connectivity index (χ4v) is 1.82. The minimum atomic E-state index is 0.489. The molecule has 80 valence electrons. The Bertz CT molecular complexity index is 511. The smallest absolute Gasteiger partial charge is 0.163 e. The highest BCUT2D eigenvalue weighted by atomic mass is 15.3. The van der Waals surface area contributed by atoms with E-state index in [2.05, 4.69) is 20.2 Å². The van der Waals surface area contributed by atoms with Gasteiger partial charge in [-0.05, 0) is 12.1 Å².